The summed E-state index contributed by atoms with van der Waals surface area (Å²) < 4.78 is 16.9. The van der Waals surface area contributed by atoms with E-state index in [2.05, 4.69) is 15.6 Å². The first-order valence-electron chi connectivity index (χ1n) is 7.99. The second-order valence-electron chi connectivity index (χ2n) is 4.72. The SMILES string of the molecule is CCOc1cc(NC(=O)NC2=NCCS2)cc(OCC)c1OCC. The Bertz CT molecular complexity index is 580. The van der Waals surface area contributed by atoms with E-state index >= 15 is 0 Å². The molecule has 0 bridgehead atoms. The summed E-state index contributed by atoms with van der Waals surface area (Å²) in [6.07, 6.45) is 0. The number of nitrogens with zero attached hydrogens (tertiary/aromatic N) is 1. The van der Waals surface area contributed by atoms with Crippen LogP contribution >= 0.6 is 11.8 Å². The summed E-state index contributed by atoms with van der Waals surface area (Å²) in [7, 11) is 0. The number of benzene rings is 1. The largest absolute Gasteiger partial charge is 0.490 e. The van der Waals surface area contributed by atoms with Gasteiger partial charge in [-0.15, -0.1) is 0 Å². The molecule has 0 saturated heterocycles. The molecule has 2 rings (SSSR count). The Hall–Kier alpha value is -2.09. The summed E-state index contributed by atoms with van der Waals surface area (Å²) in [4.78, 5) is 16.3. The number of nitrogens with one attached hydrogen (secondary N) is 2. The van der Waals surface area contributed by atoms with Gasteiger partial charge in [0.1, 0.15) is 0 Å². The first-order chi connectivity index (χ1) is 11.7. The summed E-state index contributed by atoms with van der Waals surface area (Å²) in [6.45, 7) is 7.85. The third kappa shape index (κ3) is 4.95. The van der Waals surface area contributed by atoms with E-state index in [-0.39, 0.29) is 6.03 Å². The number of carbonyl (C=O) groups is 1. The summed E-state index contributed by atoms with van der Waals surface area (Å²) in [5.41, 5.74) is 0.562. The molecule has 1 aromatic rings. The quantitative estimate of drug-likeness (QED) is 0.787. The number of thioether (sulfide) groups is 1. The molecule has 0 spiro atoms. The van der Waals surface area contributed by atoms with E-state index in [1.165, 1.54) is 11.8 Å². The number of anilines is 1. The van der Waals surface area contributed by atoms with Crippen LogP contribution in [-0.2, 0) is 0 Å². The lowest BCUT2D eigenvalue weighted by molar-refractivity contribution is 0.256. The molecule has 24 heavy (non-hydrogen) atoms. The van der Waals surface area contributed by atoms with Crippen molar-refractivity contribution in [3.63, 3.8) is 0 Å². The molecule has 0 atom stereocenters. The first-order valence-corrected chi connectivity index (χ1v) is 8.98. The first kappa shape index (κ1) is 18.3. The van der Waals surface area contributed by atoms with Gasteiger partial charge in [-0.2, -0.15) is 0 Å². The topological polar surface area (TPSA) is 81.2 Å². The van der Waals surface area contributed by atoms with Gasteiger partial charge in [-0.25, -0.2) is 4.79 Å². The van der Waals surface area contributed by atoms with Crippen molar-refractivity contribution in [2.45, 2.75) is 20.8 Å². The van der Waals surface area contributed by atoms with Crippen LogP contribution < -0.4 is 24.8 Å². The minimum atomic E-state index is -0.350. The van der Waals surface area contributed by atoms with E-state index in [1.807, 2.05) is 20.8 Å². The maximum absolute atomic E-state index is 12.1. The van der Waals surface area contributed by atoms with E-state index in [1.54, 1.807) is 12.1 Å². The Kier molecular flexibility index (Phi) is 7.05. The van der Waals surface area contributed by atoms with E-state index in [9.17, 15) is 4.79 Å². The monoisotopic (exact) mass is 353 g/mol. The molecule has 7 nitrogen and oxygen atoms in total. The molecule has 0 fully saturated rings. The number of ether oxygens (including phenoxy) is 3. The molecule has 132 valence electrons. The number of carbonyl (C=O) groups excluding carboxylic acids is 1. The van der Waals surface area contributed by atoms with Gasteiger partial charge in [0.2, 0.25) is 5.75 Å². The number of amidine groups is 1. The molecule has 0 radical (unpaired) electrons. The number of amides is 2. The third-order valence-corrected chi connectivity index (χ3v) is 3.86. The maximum Gasteiger partial charge on any atom is 0.325 e. The molecule has 1 aliphatic rings. The van der Waals surface area contributed by atoms with Crippen LogP contribution in [0.2, 0.25) is 0 Å². The van der Waals surface area contributed by atoms with Crippen molar-refractivity contribution < 1.29 is 19.0 Å². The molecule has 1 aromatic carbocycles. The van der Waals surface area contributed by atoms with E-state index < -0.39 is 0 Å². The summed E-state index contributed by atoms with van der Waals surface area (Å²) >= 11 is 1.52. The van der Waals surface area contributed by atoms with Crippen LogP contribution in [0.5, 0.6) is 17.2 Å². The van der Waals surface area contributed by atoms with Gasteiger partial charge in [-0.05, 0) is 20.8 Å². The van der Waals surface area contributed by atoms with E-state index in [4.69, 9.17) is 14.2 Å². The highest BCUT2D eigenvalue weighted by atomic mass is 32.2. The molecular formula is C16H23N3O4S. The Balaban J connectivity index is 2.19. The standard InChI is InChI=1S/C16H23N3O4S/c1-4-21-12-9-11(10-13(22-5-2)14(12)23-6-3)18-15(20)19-16-17-7-8-24-16/h9-10H,4-8H2,1-3H3,(H2,17,18,19,20). The van der Waals surface area contributed by atoms with Crippen molar-refractivity contribution in [1.29, 1.82) is 0 Å². The van der Waals surface area contributed by atoms with Gasteiger partial charge < -0.3 is 19.5 Å². The smallest absolute Gasteiger partial charge is 0.325 e. The molecule has 0 aromatic heterocycles. The molecule has 1 aliphatic heterocycles. The maximum atomic E-state index is 12.1. The van der Waals surface area contributed by atoms with Gasteiger partial charge >= 0.3 is 6.03 Å². The van der Waals surface area contributed by atoms with Crippen LogP contribution in [0.1, 0.15) is 20.8 Å². The number of hydrogen-bond donors (Lipinski definition) is 2. The number of rotatable bonds is 7. The molecular weight excluding hydrogens is 330 g/mol. The van der Waals surface area contributed by atoms with Crippen LogP contribution in [-0.4, -0.2) is 43.3 Å². The molecule has 0 aliphatic carbocycles. The van der Waals surface area contributed by atoms with E-state index in [0.717, 1.165) is 12.3 Å². The normalized spacial score (nSPS) is 13.2. The zero-order valence-corrected chi connectivity index (χ0v) is 15.0. The van der Waals surface area contributed by atoms with Crippen LogP contribution in [0.25, 0.3) is 0 Å². The second kappa shape index (κ2) is 9.27. The van der Waals surface area contributed by atoms with Crippen LogP contribution in [0.4, 0.5) is 10.5 Å². The molecule has 0 saturated carbocycles. The average molecular weight is 353 g/mol. The fourth-order valence-electron chi connectivity index (χ4n) is 2.13. The predicted octanol–water partition coefficient (Wildman–Crippen LogP) is 3.11. The van der Waals surface area contributed by atoms with Gasteiger partial charge in [0.15, 0.2) is 16.7 Å². The van der Waals surface area contributed by atoms with Crippen molar-refractivity contribution >= 4 is 28.6 Å². The zero-order chi connectivity index (χ0) is 17.4. The Labute approximate surface area is 146 Å². The predicted molar refractivity (Wildman–Crippen MR) is 96.9 cm³/mol. The fraction of sp³-hybridized carbons (Fsp3) is 0.500. The molecule has 0 unspecified atom stereocenters. The molecule has 8 heteroatoms. The summed E-state index contributed by atoms with van der Waals surface area (Å²) in [5.74, 6) is 2.51. The Morgan fingerprint density at radius 1 is 1.08 bits per heavy atom. The highest BCUT2D eigenvalue weighted by Crippen LogP contribution is 2.40. The summed E-state index contributed by atoms with van der Waals surface area (Å²) in [5, 5.41) is 6.13. The number of hydrogen-bond acceptors (Lipinski definition) is 6. The van der Waals surface area contributed by atoms with Crippen molar-refractivity contribution in [2.24, 2.45) is 4.99 Å². The molecule has 2 N–H and O–H groups in total. The molecule has 2 amide bonds. The van der Waals surface area contributed by atoms with Gasteiger partial charge in [-0.3, -0.25) is 10.3 Å². The minimum absolute atomic E-state index is 0.350. The van der Waals surface area contributed by atoms with Crippen molar-refractivity contribution in [2.75, 3.05) is 37.4 Å². The van der Waals surface area contributed by atoms with Crippen molar-refractivity contribution in [3.8, 4) is 17.2 Å². The lowest BCUT2D eigenvalue weighted by atomic mass is 10.2. The van der Waals surface area contributed by atoms with Crippen LogP contribution in [0.3, 0.4) is 0 Å². The highest BCUT2D eigenvalue weighted by molar-refractivity contribution is 8.14. The Morgan fingerprint density at radius 2 is 1.71 bits per heavy atom. The molecule has 1 heterocycles. The second-order valence-corrected chi connectivity index (χ2v) is 5.80. The number of aliphatic imine (C=N–C) groups is 1. The van der Waals surface area contributed by atoms with E-state index in [0.29, 0.717) is 47.9 Å². The number of urea groups is 1. The zero-order valence-electron chi connectivity index (χ0n) is 14.2. The summed E-state index contributed by atoms with van der Waals surface area (Å²) in [6, 6.07) is 3.10. The third-order valence-electron chi connectivity index (χ3n) is 2.97. The van der Waals surface area contributed by atoms with Gasteiger partial charge in [0.05, 0.1) is 32.1 Å². The highest BCUT2D eigenvalue weighted by Gasteiger charge is 2.17. The lowest BCUT2D eigenvalue weighted by Crippen LogP contribution is -2.31. The van der Waals surface area contributed by atoms with Gasteiger partial charge in [0, 0.05) is 17.9 Å². The fourth-order valence-corrected chi connectivity index (χ4v) is 2.85. The minimum Gasteiger partial charge on any atom is -0.490 e. The van der Waals surface area contributed by atoms with Crippen LogP contribution in [0, 0.1) is 0 Å². The van der Waals surface area contributed by atoms with Crippen molar-refractivity contribution in [3.05, 3.63) is 12.1 Å². The van der Waals surface area contributed by atoms with Crippen LogP contribution in [0.15, 0.2) is 17.1 Å². The van der Waals surface area contributed by atoms with Crippen molar-refractivity contribution in [1.82, 2.24) is 5.32 Å². The Morgan fingerprint density at radius 3 is 2.21 bits per heavy atom. The van der Waals surface area contributed by atoms with Gasteiger partial charge in [0.25, 0.3) is 0 Å². The average Bonchev–Trinajstić information content (AvgIpc) is 3.04. The van der Waals surface area contributed by atoms with Gasteiger partial charge in [-0.1, -0.05) is 11.8 Å². The lowest BCUT2D eigenvalue weighted by Gasteiger charge is -2.17.